The lowest BCUT2D eigenvalue weighted by atomic mass is 10.1. The van der Waals surface area contributed by atoms with Crippen molar-refractivity contribution in [3.8, 4) is 11.5 Å². The molecule has 0 unspecified atom stereocenters. The van der Waals surface area contributed by atoms with Crippen LogP contribution in [0.2, 0.25) is 0 Å². The summed E-state index contributed by atoms with van der Waals surface area (Å²) in [6.07, 6.45) is 0. The first-order valence-corrected chi connectivity index (χ1v) is 5.38. The van der Waals surface area contributed by atoms with Crippen molar-refractivity contribution < 1.29 is 8.81 Å². The maximum atomic E-state index is 12.9. The standard InChI is InChI=1S/C14H10FNO/c15-9-10-5-1-2-6-11(10)14-16-12-7-3-4-8-13(12)17-14/h1-8H,9H2. The number of oxazole rings is 1. The first-order valence-electron chi connectivity index (χ1n) is 5.38. The molecular weight excluding hydrogens is 217 g/mol. The molecule has 3 rings (SSSR count). The molecule has 0 radical (unpaired) electrons. The van der Waals surface area contributed by atoms with Crippen LogP contribution in [0.25, 0.3) is 22.6 Å². The SMILES string of the molecule is FCc1ccccc1-c1nc2ccccc2o1. The smallest absolute Gasteiger partial charge is 0.227 e. The largest absolute Gasteiger partial charge is 0.436 e. The predicted octanol–water partition coefficient (Wildman–Crippen LogP) is 3.96. The lowest BCUT2D eigenvalue weighted by molar-refractivity contribution is 0.484. The van der Waals surface area contributed by atoms with Gasteiger partial charge in [0.15, 0.2) is 5.58 Å². The van der Waals surface area contributed by atoms with Gasteiger partial charge in [-0.05, 0) is 23.8 Å². The van der Waals surface area contributed by atoms with Crippen LogP contribution >= 0.6 is 0 Å². The molecule has 2 nitrogen and oxygen atoms in total. The maximum Gasteiger partial charge on any atom is 0.227 e. The van der Waals surface area contributed by atoms with Crippen molar-refractivity contribution in [2.75, 3.05) is 0 Å². The molecule has 0 aliphatic carbocycles. The zero-order chi connectivity index (χ0) is 11.7. The third-order valence-electron chi connectivity index (χ3n) is 2.69. The molecule has 3 heteroatoms. The molecule has 0 saturated heterocycles. The van der Waals surface area contributed by atoms with Crippen molar-refractivity contribution in [2.24, 2.45) is 0 Å². The van der Waals surface area contributed by atoms with Gasteiger partial charge in [0.25, 0.3) is 0 Å². The van der Waals surface area contributed by atoms with Gasteiger partial charge < -0.3 is 4.42 Å². The molecule has 0 atom stereocenters. The van der Waals surface area contributed by atoms with Crippen molar-refractivity contribution in [1.29, 1.82) is 0 Å². The van der Waals surface area contributed by atoms with E-state index < -0.39 is 6.67 Å². The Balaban J connectivity index is 2.20. The lowest BCUT2D eigenvalue weighted by Gasteiger charge is -2.00. The van der Waals surface area contributed by atoms with Gasteiger partial charge in [-0.25, -0.2) is 9.37 Å². The molecule has 84 valence electrons. The Bertz CT molecular complexity index is 627. The molecule has 17 heavy (non-hydrogen) atoms. The maximum absolute atomic E-state index is 12.9. The summed E-state index contributed by atoms with van der Waals surface area (Å²) in [5.74, 6) is 0.472. The summed E-state index contributed by atoms with van der Waals surface area (Å²) in [7, 11) is 0. The molecule has 0 amide bonds. The summed E-state index contributed by atoms with van der Waals surface area (Å²) >= 11 is 0. The molecule has 0 spiro atoms. The number of fused-ring (bicyclic) bond motifs is 1. The molecule has 0 fully saturated rings. The second-order valence-corrected chi connectivity index (χ2v) is 3.78. The van der Waals surface area contributed by atoms with E-state index in [0.717, 1.165) is 11.1 Å². The van der Waals surface area contributed by atoms with Crippen LogP contribution in [0.15, 0.2) is 52.9 Å². The highest BCUT2D eigenvalue weighted by molar-refractivity contribution is 5.76. The van der Waals surface area contributed by atoms with Crippen LogP contribution in [0.4, 0.5) is 4.39 Å². The van der Waals surface area contributed by atoms with Crippen LogP contribution in [-0.2, 0) is 6.67 Å². The lowest BCUT2D eigenvalue weighted by Crippen LogP contribution is -1.85. The number of alkyl halides is 1. The third kappa shape index (κ3) is 1.69. The average molecular weight is 227 g/mol. The Kier molecular flexibility index (Phi) is 2.37. The van der Waals surface area contributed by atoms with E-state index in [1.165, 1.54) is 0 Å². The first kappa shape index (κ1) is 10.0. The van der Waals surface area contributed by atoms with Gasteiger partial charge in [-0.2, -0.15) is 0 Å². The second-order valence-electron chi connectivity index (χ2n) is 3.78. The summed E-state index contributed by atoms with van der Waals surface area (Å²) in [5, 5.41) is 0. The van der Waals surface area contributed by atoms with Crippen molar-refractivity contribution in [3.05, 3.63) is 54.1 Å². The van der Waals surface area contributed by atoms with Gasteiger partial charge in [0.1, 0.15) is 12.2 Å². The van der Waals surface area contributed by atoms with Gasteiger partial charge >= 0.3 is 0 Å². The van der Waals surface area contributed by atoms with E-state index in [4.69, 9.17) is 4.42 Å². The van der Waals surface area contributed by atoms with E-state index in [2.05, 4.69) is 4.98 Å². The number of rotatable bonds is 2. The molecule has 2 aromatic carbocycles. The number of aromatic nitrogens is 1. The number of para-hydroxylation sites is 2. The fraction of sp³-hybridized carbons (Fsp3) is 0.0714. The Morgan fingerprint density at radius 3 is 2.59 bits per heavy atom. The number of nitrogens with zero attached hydrogens (tertiary/aromatic N) is 1. The second kappa shape index (κ2) is 4.01. The summed E-state index contributed by atoms with van der Waals surface area (Å²) in [5.41, 5.74) is 2.82. The van der Waals surface area contributed by atoms with Crippen molar-refractivity contribution in [3.63, 3.8) is 0 Å². The van der Waals surface area contributed by atoms with Crippen LogP contribution in [0.1, 0.15) is 5.56 Å². The summed E-state index contributed by atoms with van der Waals surface area (Å²) < 4.78 is 18.5. The molecule has 3 aromatic rings. The Labute approximate surface area is 97.7 Å². The molecule has 0 N–H and O–H groups in total. The quantitative estimate of drug-likeness (QED) is 0.662. The number of hydrogen-bond donors (Lipinski definition) is 0. The van der Waals surface area contributed by atoms with Crippen LogP contribution in [0.5, 0.6) is 0 Å². The molecule has 0 aliphatic heterocycles. The van der Waals surface area contributed by atoms with Gasteiger partial charge in [-0.15, -0.1) is 0 Å². The van der Waals surface area contributed by atoms with E-state index in [1.807, 2.05) is 36.4 Å². The van der Waals surface area contributed by atoms with E-state index in [1.54, 1.807) is 12.1 Å². The zero-order valence-electron chi connectivity index (χ0n) is 9.06. The van der Waals surface area contributed by atoms with Gasteiger partial charge in [-0.1, -0.05) is 30.3 Å². The molecule has 1 aromatic heterocycles. The molecule has 0 bridgehead atoms. The summed E-state index contributed by atoms with van der Waals surface area (Å²) in [6.45, 7) is -0.519. The average Bonchev–Trinajstić information content (AvgIpc) is 2.82. The number of halogens is 1. The molecule has 0 aliphatic rings. The first-order chi connectivity index (χ1) is 8.38. The highest BCUT2D eigenvalue weighted by Gasteiger charge is 2.11. The van der Waals surface area contributed by atoms with Gasteiger partial charge in [0.05, 0.1) is 0 Å². The van der Waals surface area contributed by atoms with Crippen LogP contribution in [-0.4, -0.2) is 4.98 Å². The highest BCUT2D eigenvalue weighted by atomic mass is 19.1. The van der Waals surface area contributed by atoms with E-state index in [0.29, 0.717) is 17.0 Å². The van der Waals surface area contributed by atoms with Crippen LogP contribution in [0, 0.1) is 0 Å². The Hall–Kier alpha value is -2.16. The Morgan fingerprint density at radius 2 is 1.76 bits per heavy atom. The van der Waals surface area contributed by atoms with E-state index >= 15 is 0 Å². The van der Waals surface area contributed by atoms with Gasteiger partial charge in [0, 0.05) is 5.56 Å². The number of hydrogen-bond acceptors (Lipinski definition) is 2. The molecule has 1 heterocycles. The highest BCUT2D eigenvalue weighted by Crippen LogP contribution is 2.27. The summed E-state index contributed by atoms with van der Waals surface area (Å²) in [4.78, 5) is 4.36. The van der Waals surface area contributed by atoms with Gasteiger partial charge in [-0.3, -0.25) is 0 Å². The monoisotopic (exact) mass is 227 g/mol. The predicted molar refractivity (Wildman–Crippen MR) is 64.3 cm³/mol. The molecular formula is C14H10FNO. The summed E-state index contributed by atoms with van der Waals surface area (Å²) in [6, 6.07) is 14.7. The van der Waals surface area contributed by atoms with Gasteiger partial charge in [0.2, 0.25) is 5.89 Å². The van der Waals surface area contributed by atoms with Crippen LogP contribution < -0.4 is 0 Å². The van der Waals surface area contributed by atoms with E-state index in [9.17, 15) is 4.39 Å². The Morgan fingerprint density at radius 1 is 1.00 bits per heavy atom. The minimum Gasteiger partial charge on any atom is -0.436 e. The fourth-order valence-corrected chi connectivity index (χ4v) is 1.83. The topological polar surface area (TPSA) is 26.0 Å². The molecule has 0 saturated carbocycles. The van der Waals surface area contributed by atoms with Crippen LogP contribution in [0.3, 0.4) is 0 Å². The van der Waals surface area contributed by atoms with Crippen molar-refractivity contribution in [1.82, 2.24) is 4.98 Å². The van der Waals surface area contributed by atoms with Crippen molar-refractivity contribution in [2.45, 2.75) is 6.67 Å². The van der Waals surface area contributed by atoms with E-state index in [-0.39, 0.29) is 0 Å². The normalized spacial score (nSPS) is 10.9. The number of benzene rings is 2. The van der Waals surface area contributed by atoms with Crippen molar-refractivity contribution >= 4 is 11.1 Å². The fourth-order valence-electron chi connectivity index (χ4n) is 1.83. The minimum absolute atomic E-state index is 0.472. The minimum atomic E-state index is -0.519. The zero-order valence-corrected chi connectivity index (χ0v) is 9.06. The third-order valence-corrected chi connectivity index (χ3v) is 2.69.